The number of carbonyl (C=O) groups is 1. The average Bonchev–Trinajstić information content (AvgIpc) is 2.48. The Morgan fingerprint density at radius 2 is 1.78 bits per heavy atom. The first-order valence-corrected chi connectivity index (χ1v) is 8.16. The monoisotopic (exact) mass is 319 g/mol. The predicted octanol–water partition coefficient (Wildman–Crippen LogP) is 4.95. The Morgan fingerprint density at radius 3 is 2.30 bits per heavy atom. The lowest BCUT2D eigenvalue weighted by molar-refractivity contribution is 0.0189. The topological polar surface area (TPSA) is 29.5 Å². The highest BCUT2D eigenvalue weighted by atomic mass is 19.1. The summed E-state index contributed by atoms with van der Waals surface area (Å²) in [6, 6.07) is 7.80. The van der Waals surface area contributed by atoms with Gasteiger partial charge >= 0.3 is 6.09 Å². The summed E-state index contributed by atoms with van der Waals surface area (Å²) in [4.78, 5) is 13.7. The summed E-state index contributed by atoms with van der Waals surface area (Å²) >= 11 is 0. The Balaban J connectivity index is 1.91. The second-order valence-electron chi connectivity index (χ2n) is 7.18. The highest BCUT2D eigenvalue weighted by Gasteiger charge is 2.28. The van der Waals surface area contributed by atoms with Crippen molar-refractivity contribution in [2.24, 2.45) is 5.92 Å². The molecule has 0 aromatic heterocycles. The summed E-state index contributed by atoms with van der Waals surface area (Å²) in [5, 5.41) is 0. The molecule has 3 nitrogen and oxygen atoms in total. The molecule has 1 aliphatic heterocycles. The van der Waals surface area contributed by atoms with E-state index in [2.05, 4.69) is 0 Å². The lowest BCUT2D eigenvalue weighted by atomic mass is 9.94. The van der Waals surface area contributed by atoms with Gasteiger partial charge < -0.3 is 9.64 Å². The molecule has 0 radical (unpaired) electrons. The number of rotatable bonds is 2. The van der Waals surface area contributed by atoms with Crippen LogP contribution in [0, 0.1) is 12.8 Å². The van der Waals surface area contributed by atoms with Crippen LogP contribution in [0.2, 0.25) is 0 Å². The third-order valence-electron chi connectivity index (χ3n) is 3.92. The van der Waals surface area contributed by atoms with Crippen LogP contribution >= 0.6 is 0 Å². The highest BCUT2D eigenvalue weighted by Crippen LogP contribution is 2.28. The molecule has 4 heteroatoms. The van der Waals surface area contributed by atoms with Crippen molar-refractivity contribution in [1.82, 2.24) is 4.90 Å². The first kappa shape index (κ1) is 17.5. The minimum Gasteiger partial charge on any atom is -0.444 e. The molecule has 1 aliphatic rings. The Labute approximate surface area is 138 Å². The summed E-state index contributed by atoms with van der Waals surface area (Å²) < 4.78 is 19.8. The number of hydrogen-bond donors (Lipinski definition) is 0. The summed E-state index contributed by atoms with van der Waals surface area (Å²) in [5.41, 5.74) is 1.54. The zero-order chi connectivity index (χ0) is 17.0. The molecule has 0 saturated carbocycles. The van der Waals surface area contributed by atoms with Gasteiger partial charge in [-0.15, -0.1) is 0 Å². The Bertz CT molecular complexity index is 564. The van der Waals surface area contributed by atoms with E-state index in [1.165, 1.54) is 0 Å². The Kier molecular flexibility index (Phi) is 5.45. The van der Waals surface area contributed by atoms with E-state index in [1.54, 1.807) is 11.0 Å². The molecule has 2 rings (SSSR count). The molecule has 1 amide bonds. The van der Waals surface area contributed by atoms with Gasteiger partial charge in [0.05, 0.1) is 0 Å². The highest BCUT2D eigenvalue weighted by molar-refractivity contribution is 5.68. The van der Waals surface area contributed by atoms with Crippen molar-refractivity contribution in [3.8, 4) is 0 Å². The molecule has 0 atom stereocenters. The molecule has 1 aromatic rings. The molecule has 0 aliphatic carbocycles. The van der Waals surface area contributed by atoms with Crippen molar-refractivity contribution >= 4 is 12.2 Å². The fourth-order valence-corrected chi connectivity index (χ4v) is 2.60. The molecule has 126 valence electrons. The van der Waals surface area contributed by atoms with Crippen molar-refractivity contribution < 1.29 is 13.9 Å². The van der Waals surface area contributed by atoms with Crippen LogP contribution in [0.3, 0.4) is 0 Å². The Hall–Kier alpha value is -1.84. The molecule has 0 spiro atoms. The van der Waals surface area contributed by atoms with Gasteiger partial charge in [-0.05, 0) is 52.2 Å². The van der Waals surface area contributed by atoms with E-state index in [9.17, 15) is 9.18 Å². The number of likely N-dealkylation sites (tertiary alicyclic amines) is 1. The first-order valence-electron chi connectivity index (χ1n) is 8.16. The number of ether oxygens (including phenoxy) is 1. The number of benzene rings is 1. The standard InChI is InChI=1S/C19H26FNO2/c1-14-5-7-15(8-6-14)13-17(20)16-9-11-21(12-10-16)18(22)23-19(2,3)4/h5-8,13,16H,9-12H2,1-4H3/b17-13-. The molecule has 0 bridgehead atoms. The van der Waals surface area contributed by atoms with Gasteiger partial charge in [-0.1, -0.05) is 29.8 Å². The van der Waals surface area contributed by atoms with Gasteiger partial charge in [-0.3, -0.25) is 0 Å². The number of nitrogens with zero attached hydrogens (tertiary/aromatic N) is 1. The van der Waals surface area contributed by atoms with Gasteiger partial charge in [0, 0.05) is 19.0 Å². The molecule has 1 saturated heterocycles. The summed E-state index contributed by atoms with van der Waals surface area (Å²) in [6.45, 7) is 8.63. The molecule has 1 aromatic carbocycles. The summed E-state index contributed by atoms with van der Waals surface area (Å²) in [7, 11) is 0. The van der Waals surface area contributed by atoms with Crippen LogP contribution in [-0.2, 0) is 4.74 Å². The van der Waals surface area contributed by atoms with Gasteiger partial charge in [0.2, 0.25) is 0 Å². The SMILES string of the molecule is Cc1ccc(/C=C(\F)C2CCN(C(=O)OC(C)(C)C)CC2)cc1. The zero-order valence-electron chi connectivity index (χ0n) is 14.4. The third kappa shape index (κ3) is 5.38. The quantitative estimate of drug-likeness (QED) is 0.771. The first-order chi connectivity index (χ1) is 10.7. The van der Waals surface area contributed by atoms with Gasteiger partial charge in [0.15, 0.2) is 0 Å². The lowest BCUT2D eigenvalue weighted by Gasteiger charge is -2.33. The maximum Gasteiger partial charge on any atom is 0.410 e. The molecule has 0 unspecified atom stereocenters. The number of hydrogen-bond acceptors (Lipinski definition) is 2. The van der Waals surface area contributed by atoms with Crippen LogP contribution in [0.1, 0.15) is 44.7 Å². The minimum atomic E-state index is -0.496. The third-order valence-corrected chi connectivity index (χ3v) is 3.92. The van der Waals surface area contributed by atoms with Crippen LogP contribution in [-0.4, -0.2) is 29.7 Å². The molecule has 1 fully saturated rings. The normalized spacial score (nSPS) is 17.3. The number of carbonyl (C=O) groups excluding carboxylic acids is 1. The second kappa shape index (κ2) is 7.16. The van der Waals surface area contributed by atoms with Crippen LogP contribution in [0.4, 0.5) is 9.18 Å². The van der Waals surface area contributed by atoms with Crippen molar-refractivity contribution in [3.63, 3.8) is 0 Å². The number of piperidine rings is 1. The average molecular weight is 319 g/mol. The maximum absolute atomic E-state index is 14.4. The van der Waals surface area contributed by atoms with Gasteiger partial charge in [-0.2, -0.15) is 0 Å². The van der Waals surface area contributed by atoms with Gasteiger partial charge in [0.1, 0.15) is 11.4 Å². The van der Waals surface area contributed by atoms with E-state index in [0.717, 1.165) is 11.1 Å². The van der Waals surface area contributed by atoms with E-state index in [4.69, 9.17) is 4.74 Å². The van der Waals surface area contributed by atoms with Crippen molar-refractivity contribution in [3.05, 3.63) is 41.2 Å². The van der Waals surface area contributed by atoms with Crippen molar-refractivity contribution in [1.29, 1.82) is 0 Å². The predicted molar refractivity (Wildman–Crippen MR) is 90.8 cm³/mol. The fourth-order valence-electron chi connectivity index (χ4n) is 2.60. The zero-order valence-corrected chi connectivity index (χ0v) is 14.4. The fraction of sp³-hybridized carbons (Fsp3) is 0.526. The molecule has 23 heavy (non-hydrogen) atoms. The van der Waals surface area contributed by atoms with Crippen LogP contribution in [0.25, 0.3) is 6.08 Å². The Morgan fingerprint density at radius 1 is 1.22 bits per heavy atom. The van der Waals surface area contributed by atoms with E-state index in [-0.39, 0.29) is 17.8 Å². The lowest BCUT2D eigenvalue weighted by Crippen LogP contribution is -2.41. The number of halogens is 1. The smallest absolute Gasteiger partial charge is 0.410 e. The number of aryl methyl sites for hydroxylation is 1. The van der Waals surface area contributed by atoms with E-state index in [0.29, 0.717) is 25.9 Å². The minimum absolute atomic E-state index is 0.0994. The molecular weight excluding hydrogens is 293 g/mol. The van der Waals surface area contributed by atoms with Gasteiger partial charge in [-0.25, -0.2) is 9.18 Å². The van der Waals surface area contributed by atoms with E-state index in [1.807, 2.05) is 52.0 Å². The second-order valence-corrected chi connectivity index (χ2v) is 7.18. The largest absolute Gasteiger partial charge is 0.444 e. The van der Waals surface area contributed by atoms with Crippen molar-refractivity contribution in [2.75, 3.05) is 13.1 Å². The van der Waals surface area contributed by atoms with Crippen molar-refractivity contribution in [2.45, 2.75) is 46.1 Å². The molecule has 0 N–H and O–H groups in total. The van der Waals surface area contributed by atoms with Crippen LogP contribution in [0.5, 0.6) is 0 Å². The number of amides is 1. The maximum atomic E-state index is 14.4. The summed E-state index contributed by atoms with van der Waals surface area (Å²) in [5.74, 6) is -0.215. The van der Waals surface area contributed by atoms with E-state index >= 15 is 0 Å². The summed E-state index contributed by atoms with van der Waals surface area (Å²) in [6.07, 6.45) is 2.56. The van der Waals surface area contributed by atoms with Crippen LogP contribution < -0.4 is 0 Å². The molecule has 1 heterocycles. The van der Waals surface area contributed by atoms with Gasteiger partial charge in [0.25, 0.3) is 0 Å². The van der Waals surface area contributed by atoms with E-state index < -0.39 is 5.60 Å². The number of allylic oxidation sites excluding steroid dienone is 1. The van der Waals surface area contributed by atoms with Crippen LogP contribution in [0.15, 0.2) is 30.1 Å². The molecular formula is C19H26FNO2.